The Hall–Kier alpha value is -5.49. The van der Waals surface area contributed by atoms with Crippen molar-refractivity contribution >= 4 is 53.5 Å². The van der Waals surface area contributed by atoms with Gasteiger partial charge in [0.1, 0.15) is 37.6 Å². The minimum Gasteiger partial charge on any atom is -0.463 e. The van der Waals surface area contributed by atoms with E-state index in [1.54, 1.807) is 0 Å². The van der Waals surface area contributed by atoms with Crippen LogP contribution in [0.15, 0.2) is 24.2 Å². The van der Waals surface area contributed by atoms with Crippen molar-refractivity contribution in [3.63, 3.8) is 0 Å². The van der Waals surface area contributed by atoms with E-state index >= 15 is 0 Å². The first-order valence-corrected chi connectivity index (χ1v) is 22.2. The standard InChI is InChI=1S/C44H67N3O20/c1-9-11-12-13-14-17-21-46-42(57)31(47-35(55)19-16-15-18-20-45-34(54)10-2)22-60-43-41(64-30(8)53)40(63-29(7)52)38(33(65-43)24-59-26(4)49)67-44-39(62-28(6)51)36(56)37(61-27(5)50)32(66-44)23-58-25(3)48/h10,31-33,36-39,43-44,56H,2,9,11-24H2,1,3-8H3,(H,45,54)(H,46,57)(H,47,55)/t31-,32?,33?,36?,37-,38+,39?,43+,44-/m0/s1. The lowest BCUT2D eigenvalue weighted by molar-refractivity contribution is -0.328. The smallest absolute Gasteiger partial charge is 0.308 e. The van der Waals surface area contributed by atoms with Crippen molar-refractivity contribution in [1.29, 1.82) is 0 Å². The van der Waals surface area contributed by atoms with E-state index in [0.29, 0.717) is 32.2 Å². The molecule has 0 aromatic carbocycles. The zero-order valence-electron chi connectivity index (χ0n) is 39.3. The van der Waals surface area contributed by atoms with Crippen LogP contribution in [0.5, 0.6) is 0 Å². The van der Waals surface area contributed by atoms with E-state index in [1.807, 2.05) is 0 Å². The average Bonchev–Trinajstić information content (AvgIpc) is 3.24. The molecule has 0 spiro atoms. The maximum Gasteiger partial charge on any atom is 0.308 e. The first kappa shape index (κ1) is 57.6. The molecular formula is C44H67N3O20. The van der Waals surface area contributed by atoms with Crippen molar-refractivity contribution < 1.29 is 95.6 Å². The second kappa shape index (κ2) is 30.7. The number of aliphatic hydroxyl groups is 1. The van der Waals surface area contributed by atoms with Gasteiger partial charge in [-0.2, -0.15) is 0 Å². The van der Waals surface area contributed by atoms with E-state index in [9.17, 15) is 48.3 Å². The zero-order chi connectivity index (χ0) is 50.1. The van der Waals surface area contributed by atoms with E-state index < -0.39 is 134 Å². The fourth-order valence-corrected chi connectivity index (χ4v) is 6.71. The number of carbonyl (C=O) groups excluding carboxylic acids is 9. The first-order chi connectivity index (χ1) is 31.8. The van der Waals surface area contributed by atoms with Gasteiger partial charge in [0.25, 0.3) is 0 Å². The summed E-state index contributed by atoms with van der Waals surface area (Å²) in [5.74, 6) is -8.17. The van der Waals surface area contributed by atoms with Gasteiger partial charge in [-0.1, -0.05) is 52.0 Å². The number of unbranched alkanes of at least 4 members (excludes halogenated alkanes) is 7. The minimum atomic E-state index is -1.90. The summed E-state index contributed by atoms with van der Waals surface area (Å²) in [6.45, 7) is 10.4. The molecule has 1 saturated heterocycles. The van der Waals surface area contributed by atoms with Gasteiger partial charge in [-0.15, -0.1) is 0 Å². The average molecular weight is 958 g/mol. The number of amides is 3. The van der Waals surface area contributed by atoms with Gasteiger partial charge in [-0.05, 0) is 25.3 Å². The van der Waals surface area contributed by atoms with Crippen molar-refractivity contribution in [1.82, 2.24) is 16.0 Å². The second-order valence-corrected chi connectivity index (χ2v) is 15.6. The Kier molecular flexibility index (Phi) is 26.4. The Morgan fingerprint density at radius 1 is 0.672 bits per heavy atom. The summed E-state index contributed by atoms with van der Waals surface area (Å²) in [5.41, 5.74) is 0. The molecule has 23 heteroatoms. The molecule has 9 atom stereocenters. The molecule has 4 N–H and O–H groups in total. The third-order valence-electron chi connectivity index (χ3n) is 9.72. The van der Waals surface area contributed by atoms with Crippen molar-refractivity contribution in [3.8, 4) is 0 Å². The summed E-state index contributed by atoms with van der Waals surface area (Å²) >= 11 is 0. The van der Waals surface area contributed by atoms with E-state index in [2.05, 4.69) is 29.5 Å². The molecule has 0 aliphatic carbocycles. The summed E-state index contributed by atoms with van der Waals surface area (Å²) < 4.78 is 56.4. The molecule has 378 valence electrons. The number of hydrogen-bond donors (Lipinski definition) is 4. The predicted octanol–water partition coefficient (Wildman–Crippen LogP) is 1.35. The van der Waals surface area contributed by atoms with E-state index in [-0.39, 0.29) is 18.9 Å². The Balaban J connectivity index is 2.59. The normalized spacial score (nSPS) is 22.8. The van der Waals surface area contributed by atoms with Gasteiger partial charge >= 0.3 is 35.8 Å². The summed E-state index contributed by atoms with van der Waals surface area (Å²) in [6, 6.07) is -1.36. The lowest BCUT2D eigenvalue weighted by Gasteiger charge is -2.45. The topological polar surface area (TPSA) is 302 Å². The van der Waals surface area contributed by atoms with Crippen LogP contribution in [-0.4, -0.2) is 147 Å². The van der Waals surface area contributed by atoms with Crippen molar-refractivity contribution in [2.45, 2.75) is 168 Å². The Morgan fingerprint density at radius 2 is 1.22 bits per heavy atom. The SMILES string of the molecule is C=CC(=O)NCCCCCC(=O)N[C@@H](CO[C@@H]1OC(COC(C)=O)[C@@H](O[C@@H]2OC(COC(C)=O)[C@H](OC(C)=O)C(O)C2OC(C)=O)C(OC(C)=O)=C1OC(C)=O)C(=O)NCCCCCCCC. The lowest BCUT2D eigenvalue weighted by atomic mass is 9.98. The van der Waals surface area contributed by atoms with Gasteiger partial charge in [-0.25, -0.2) is 0 Å². The van der Waals surface area contributed by atoms with Crippen LogP contribution < -0.4 is 16.0 Å². The third-order valence-corrected chi connectivity index (χ3v) is 9.72. The number of ether oxygens (including phenoxy) is 10. The van der Waals surface area contributed by atoms with Crippen LogP contribution in [-0.2, 0) is 90.5 Å². The summed E-state index contributed by atoms with van der Waals surface area (Å²) in [7, 11) is 0. The highest BCUT2D eigenvalue weighted by atomic mass is 16.8. The van der Waals surface area contributed by atoms with Crippen LogP contribution in [0.4, 0.5) is 0 Å². The molecular weight excluding hydrogens is 890 g/mol. The number of esters is 6. The maximum atomic E-state index is 13.6. The quantitative estimate of drug-likeness (QED) is 0.0356. The maximum absolute atomic E-state index is 13.6. The van der Waals surface area contributed by atoms with Gasteiger partial charge in [-0.3, -0.25) is 43.2 Å². The number of rotatable bonds is 29. The highest BCUT2D eigenvalue weighted by Crippen LogP contribution is 2.36. The lowest BCUT2D eigenvalue weighted by Crippen LogP contribution is -2.63. The summed E-state index contributed by atoms with van der Waals surface area (Å²) in [5, 5.41) is 19.6. The molecule has 0 radical (unpaired) electrons. The largest absolute Gasteiger partial charge is 0.463 e. The highest BCUT2D eigenvalue weighted by Gasteiger charge is 2.53. The molecule has 3 amide bonds. The van der Waals surface area contributed by atoms with Crippen molar-refractivity contribution in [3.05, 3.63) is 24.2 Å². The molecule has 1 fully saturated rings. The molecule has 0 saturated carbocycles. The van der Waals surface area contributed by atoms with Gasteiger partial charge in [0, 0.05) is 61.1 Å². The molecule has 0 bridgehead atoms. The van der Waals surface area contributed by atoms with Crippen molar-refractivity contribution in [2.75, 3.05) is 32.9 Å². The third kappa shape index (κ3) is 21.8. The molecule has 23 nitrogen and oxygen atoms in total. The van der Waals surface area contributed by atoms with E-state index in [1.165, 1.54) is 0 Å². The predicted molar refractivity (Wildman–Crippen MR) is 229 cm³/mol. The van der Waals surface area contributed by atoms with E-state index in [0.717, 1.165) is 79.7 Å². The number of hydrogen-bond acceptors (Lipinski definition) is 20. The Labute approximate surface area is 389 Å². The molecule has 0 aromatic rings. The number of aliphatic hydroxyl groups excluding tert-OH is 1. The Morgan fingerprint density at radius 3 is 1.81 bits per heavy atom. The van der Waals surface area contributed by atoms with Crippen molar-refractivity contribution in [2.24, 2.45) is 0 Å². The molecule has 4 unspecified atom stereocenters. The van der Waals surface area contributed by atoms with Gasteiger partial charge < -0.3 is 68.4 Å². The summed E-state index contributed by atoms with van der Waals surface area (Å²) in [4.78, 5) is 112. The van der Waals surface area contributed by atoms with Crippen LogP contribution in [0.2, 0.25) is 0 Å². The van der Waals surface area contributed by atoms with Crippen LogP contribution in [0.1, 0.15) is 113 Å². The van der Waals surface area contributed by atoms with Crippen LogP contribution in [0.3, 0.4) is 0 Å². The van der Waals surface area contributed by atoms with Crippen LogP contribution >= 0.6 is 0 Å². The molecule has 0 aromatic heterocycles. The highest BCUT2D eigenvalue weighted by molar-refractivity contribution is 5.88. The summed E-state index contributed by atoms with van der Waals surface area (Å²) in [6.07, 6.45) is -5.52. The molecule has 2 rings (SSSR count). The molecule has 2 heterocycles. The Bertz CT molecular complexity index is 1730. The van der Waals surface area contributed by atoms with Crippen LogP contribution in [0.25, 0.3) is 0 Å². The molecule has 2 aliphatic heterocycles. The monoisotopic (exact) mass is 957 g/mol. The number of nitrogens with one attached hydrogen (secondary N) is 3. The number of carbonyl (C=O) groups is 9. The first-order valence-electron chi connectivity index (χ1n) is 22.2. The van der Waals surface area contributed by atoms with E-state index in [4.69, 9.17) is 47.4 Å². The van der Waals surface area contributed by atoms with Crippen LogP contribution in [0, 0.1) is 0 Å². The zero-order valence-corrected chi connectivity index (χ0v) is 39.3. The molecule has 2 aliphatic rings. The van der Waals surface area contributed by atoms with Gasteiger partial charge in [0.05, 0.1) is 6.61 Å². The molecule has 67 heavy (non-hydrogen) atoms. The fourth-order valence-electron chi connectivity index (χ4n) is 6.71. The fraction of sp³-hybridized carbons (Fsp3) is 0.705. The van der Waals surface area contributed by atoms with Gasteiger partial charge in [0.2, 0.25) is 29.8 Å². The second-order valence-electron chi connectivity index (χ2n) is 15.6. The van der Waals surface area contributed by atoms with Gasteiger partial charge in [0.15, 0.2) is 30.4 Å². The minimum absolute atomic E-state index is 0.00481.